The molecule has 0 spiro atoms. The molecule has 1 N–H and O–H groups in total. The van der Waals surface area contributed by atoms with Crippen LogP contribution in [-0.2, 0) is 6.54 Å². The lowest BCUT2D eigenvalue weighted by Crippen LogP contribution is -2.46. The van der Waals surface area contributed by atoms with Gasteiger partial charge in [0.1, 0.15) is 0 Å². The molecule has 2 aromatic rings. The van der Waals surface area contributed by atoms with Gasteiger partial charge in [-0.3, -0.25) is 14.3 Å². The van der Waals surface area contributed by atoms with Crippen LogP contribution in [0.5, 0.6) is 0 Å². The van der Waals surface area contributed by atoms with E-state index < -0.39 is 0 Å². The van der Waals surface area contributed by atoms with Crippen LogP contribution < -0.4 is 11.2 Å². The molecule has 2 heterocycles. The first-order chi connectivity index (χ1) is 10.6. The van der Waals surface area contributed by atoms with Crippen LogP contribution in [0.1, 0.15) is 26.7 Å². The van der Waals surface area contributed by atoms with Gasteiger partial charge in [0, 0.05) is 12.6 Å². The van der Waals surface area contributed by atoms with Gasteiger partial charge in [-0.1, -0.05) is 19.1 Å². The van der Waals surface area contributed by atoms with Crippen molar-refractivity contribution in [2.75, 3.05) is 13.1 Å². The van der Waals surface area contributed by atoms with Gasteiger partial charge in [-0.25, -0.2) is 4.79 Å². The highest BCUT2D eigenvalue weighted by atomic mass is 16.2. The van der Waals surface area contributed by atoms with E-state index in [4.69, 9.17) is 0 Å². The van der Waals surface area contributed by atoms with Crippen LogP contribution in [-0.4, -0.2) is 33.6 Å². The normalized spacial score (nSPS) is 18.6. The predicted molar refractivity (Wildman–Crippen MR) is 88.3 cm³/mol. The van der Waals surface area contributed by atoms with Crippen LogP contribution in [0, 0.1) is 5.92 Å². The molecule has 22 heavy (non-hydrogen) atoms. The lowest BCUT2D eigenvalue weighted by atomic mass is 9.98. The van der Waals surface area contributed by atoms with E-state index in [2.05, 4.69) is 23.7 Å². The zero-order valence-electron chi connectivity index (χ0n) is 13.2. The lowest BCUT2D eigenvalue weighted by molar-refractivity contribution is 0.134. The average Bonchev–Trinajstić information content (AvgIpc) is 2.52. The molecule has 1 aliphatic heterocycles. The van der Waals surface area contributed by atoms with E-state index in [1.54, 1.807) is 12.1 Å². The third-order valence-corrected chi connectivity index (χ3v) is 4.78. The van der Waals surface area contributed by atoms with Crippen molar-refractivity contribution in [1.29, 1.82) is 0 Å². The second-order valence-corrected chi connectivity index (χ2v) is 6.46. The van der Waals surface area contributed by atoms with Crippen molar-refractivity contribution < 1.29 is 0 Å². The molecule has 0 bridgehead atoms. The van der Waals surface area contributed by atoms with E-state index >= 15 is 0 Å². The Kier molecular flexibility index (Phi) is 4.16. The maximum Gasteiger partial charge on any atom is 0.328 e. The minimum atomic E-state index is -0.319. The Labute approximate surface area is 129 Å². The molecule has 1 atom stereocenters. The molecule has 118 valence electrons. The van der Waals surface area contributed by atoms with Crippen molar-refractivity contribution in [2.24, 2.45) is 5.92 Å². The zero-order valence-corrected chi connectivity index (χ0v) is 13.2. The monoisotopic (exact) mass is 301 g/mol. The topological polar surface area (TPSA) is 58.1 Å². The number of hydrogen-bond donors (Lipinski definition) is 1. The average molecular weight is 301 g/mol. The first-order valence-corrected chi connectivity index (χ1v) is 8.02. The molecule has 0 amide bonds. The highest BCUT2D eigenvalue weighted by Gasteiger charge is 2.21. The van der Waals surface area contributed by atoms with Crippen molar-refractivity contribution in [3.05, 3.63) is 45.1 Å². The van der Waals surface area contributed by atoms with Gasteiger partial charge in [0.2, 0.25) is 0 Å². The fourth-order valence-electron chi connectivity index (χ4n) is 3.21. The Balaban J connectivity index is 1.87. The van der Waals surface area contributed by atoms with Gasteiger partial charge in [0.15, 0.2) is 0 Å². The first-order valence-electron chi connectivity index (χ1n) is 8.02. The van der Waals surface area contributed by atoms with Gasteiger partial charge in [-0.15, -0.1) is 0 Å². The van der Waals surface area contributed by atoms with Gasteiger partial charge in [-0.2, -0.15) is 0 Å². The van der Waals surface area contributed by atoms with Gasteiger partial charge in [-0.05, 0) is 50.9 Å². The van der Waals surface area contributed by atoms with Crippen LogP contribution in [0.15, 0.2) is 33.9 Å². The third-order valence-electron chi connectivity index (χ3n) is 4.78. The fraction of sp³-hybridized carbons (Fsp3) is 0.529. The molecule has 3 rings (SSSR count). The number of nitrogens with one attached hydrogen (secondary N) is 1. The maximum atomic E-state index is 12.5. The highest BCUT2D eigenvalue weighted by molar-refractivity contribution is 5.76. The maximum absolute atomic E-state index is 12.5. The molecule has 1 aromatic heterocycles. The Morgan fingerprint density at radius 2 is 1.91 bits per heavy atom. The number of para-hydroxylation sites is 1. The summed E-state index contributed by atoms with van der Waals surface area (Å²) in [6, 6.07) is 7.35. The number of likely N-dealkylation sites (tertiary alicyclic amines) is 1. The predicted octanol–water partition coefficient (Wildman–Crippen LogP) is 1.81. The number of hydrogen-bond acceptors (Lipinski definition) is 3. The summed E-state index contributed by atoms with van der Waals surface area (Å²) in [5, 5.41) is 0.571. The largest absolute Gasteiger partial charge is 0.328 e. The van der Waals surface area contributed by atoms with Crippen LogP contribution >= 0.6 is 0 Å². The van der Waals surface area contributed by atoms with E-state index in [1.807, 2.05) is 12.1 Å². The highest BCUT2D eigenvalue weighted by Crippen LogP contribution is 2.18. The van der Waals surface area contributed by atoms with E-state index in [-0.39, 0.29) is 17.3 Å². The molecule has 1 saturated heterocycles. The molecule has 0 radical (unpaired) electrons. The van der Waals surface area contributed by atoms with Gasteiger partial charge >= 0.3 is 5.69 Å². The molecule has 0 saturated carbocycles. The summed E-state index contributed by atoms with van der Waals surface area (Å²) in [6.07, 6.45) is 2.38. The number of nitrogens with zero attached hydrogens (tertiary/aromatic N) is 2. The number of aromatic nitrogens is 2. The quantitative estimate of drug-likeness (QED) is 0.940. The van der Waals surface area contributed by atoms with Crippen molar-refractivity contribution in [3.63, 3.8) is 0 Å². The third kappa shape index (κ3) is 2.86. The van der Waals surface area contributed by atoms with Crippen molar-refractivity contribution in [1.82, 2.24) is 14.5 Å². The second-order valence-electron chi connectivity index (χ2n) is 6.46. The molecule has 5 nitrogen and oxygen atoms in total. The SMILES string of the molecule is CC1CCN([C@H](C)Cn2c(=O)[nH]c3ccccc3c2=O)CC1. The Morgan fingerprint density at radius 1 is 1.23 bits per heavy atom. The summed E-state index contributed by atoms with van der Waals surface area (Å²) in [4.78, 5) is 29.9. The Hall–Kier alpha value is -1.88. The standard InChI is InChI=1S/C17H23N3O2/c1-12-7-9-19(10-8-12)13(2)11-20-16(21)14-5-3-4-6-15(14)18-17(20)22/h3-6,12-13H,7-11H2,1-2H3,(H,18,22)/t13-/m1/s1. The number of rotatable bonds is 3. The van der Waals surface area contributed by atoms with Gasteiger partial charge < -0.3 is 4.98 Å². The number of fused-ring (bicyclic) bond motifs is 1. The van der Waals surface area contributed by atoms with E-state index in [0.29, 0.717) is 17.4 Å². The summed E-state index contributed by atoms with van der Waals surface area (Å²) in [5.74, 6) is 0.773. The Morgan fingerprint density at radius 3 is 2.64 bits per heavy atom. The minimum Gasteiger partial charge on any atom is -0.307 e. The zero-order chi connectivity index (χ0) is 15.7. The molecule has 0 aliphatic carbocycles. The molecule has 1 fully saturated rings. The van der Waals surface area contributed by atoms with E-state index in [0.717, 1.165) is 19.0 Å². The van der Waals surface area contributed by atoms with Crippen molar-refractivity contribution in [3.8, 4) is 0 Å². The summed E-state index contributed by atoms with van der Waals surface area (Å²) >= 11 is 0. The smallest absolute Gasteiger partial charge is 0.307 e. The summed E-state index contributed by atoms with van der Waals surface area (Å²) in [5.41, 5.74) is 0.0886. The summed E-state index contributed by atoms with van der Waals surface area (Å²) in [7, 11) is 0. The lowest BCUT2D eigenvalue weighted by Gasteiger charge is -2.35. The van der Waals surface area contributed by atoms with Crippen LogP contribution in [0.4, 0.5) is 0 Å². The molecular formula is C17H23N3O2. The number of piperidine rings is 1. The van der Waals surface area contributed by atoms with Gasteiger partial charge in [0.05, 0.1) is 10.9 Å². The summed E-state index contributed by atoms with van der Waals surface area (Å²) in [6.45, 7) is 6.90. The molecule has 1 aromatic carbocycles. The van der Waals surface area contributed by atoms with E-state index in [1.165, 1.54) is 17.4 Å². The number of H-pyrrole nitrogens is 1. The van der Waals surface area contributed by atoms with Crippen molar-refractivity contribution >= 4 is 10.9 Å². The molecule has 5 heteroatoms. The Bertz CT molecular complexity index is 769. The second kappa shape index (κ2) is 6.08. The molecule has 0 unspecified atom stereocenters. The van der Waals surface area contributed by atoms with Crippen molar-refractivity contribution in [2.45, 2.75) is 39.3 Å². The number of aromatic amines is 1. The van der Waals surface area contributed by atoms with Gasteiger partial charge in [0.25, 0.3) is 5.56 Å². The fourth-order valence-corrected chi connectivity index (χ4v) is 3.21. The van der Waals surface area contributed by atoms with E-state index in [9.17, 15) is 9.59 Å². The van der Waals surface area contributed by atoms with Crippen LogP contribution in [0.2, 0.25) is 0 Å². The molecule has 1 aliphatic rings. The van der Waals surface area contributed by atoms with Crippen LogP contribution in [0.25, 0.3) is 10.9 Å². The number of benzene rings is 1. The first kappa shape index (κ1) is 15.0. The minimum absolute atomic E-state index is 0.187. The molecular weight excluding hydrogens is 278 g/mol. The summed E-state index contributed by atoms with van der Waals surface area (Å²) < 4.78 is 1.34. The van der Waals surface area contributed by atoms with Crippen LogP contribution in [0.3, 0.4) is 0 Å².